The molecule has 0 aliphatic carbocycles. The van der Waals surface area contributed by atoms with Crippen LogP contribution in [-0.4, -0.2) is 18.3 Å². The molecule has 0 radical (unpaired) electrons. The molecule has 1 atom stereocenters. The number of benzene rings is 3. The second-order valence-electron chi connectivity index (χ2n) is 6.91. The lowest BCUT2D eigenvalue weighted by molar-refractivity contribution is 0.174. The lowest BCUT2D eigenvalue weighted by Gasteiger charge is -2.17. The van der Waals surface area contributed by atoms with Gasteiger partial charge in [0.2, 0.25) is 0 Å². The zero-order valence-electron chi connectivity index (χ0n) is 17.1. The minimum atomic E-state index is -0.599. The Morgan fingerprint density at radius 3 is 2.29 bits per heavy atom. The summed E-state index contributed by atoms with van der Waals surface area (Å²) in [6.45, 7) is 3.53. The first-order valence-electron chi connectivity index (χ1n) is 9.93. The molecule has 31 heavy (non-hydrogen) atoms. The number of rotatable bonds is 10. The summed E-state index contributed by atoms with van der Waals surface area (Å²) in [6.07, 6.45) is -0.599. The van der Waals surface area contributed by atoms with E-state index in [4.69, 9.17) is 44.3 Å². The smallest absolute Gasteiger partial charge is 0.163 e. The van der Waals surface area contributed by atoms with Crippen molar-refractivity contribution in [2.75, 3.05) is 13.2 Å². The number of aliphatic hydroxyl groups is 1. The highest BCUT2D eigenvalue weighted by molar-refractivity contribution is 6.35. The molecular formula is C24H24Cl3NO3. The van der Waals surface area contributed by atoms with Gasteiger partial charge in [-0.25, -0.2) is 0 Å². The summed E-state index contributed by atoms with van der Waals surface area (Å²) in [5, 5.41) is 15.2. The molecule has 0 aromatic heterocycles. The van der Waals surface area contributed by atoms with E-state index in [2.05, 4.69) is 5.32 Å². The van der Waals surface area contributed by atoms with Crippen molar-refractivity contribution in [3.63, 3.8) is 0 Å². The van der Waals surface area contributed by atoms with Gasteiger partial charge in [0.1, 0.15) is 6.61 Å². The fourth-order valence-electron chi connectivity index (χ4n) is 3.02. The molecule has 0 aliphatic rings. The summed E-state index contributed by atoms with van der Waals surface area (Å²) < 4.78 is 11.7. The zero-order valence-corrected chi connectivity index (χ0v) is 19.3. The molecule has 2 N–H and O–H groups in total. The van der Waals surface area contributed by atoms with Crippen LogP contribution in [0.2, 0.25) is 15.1 Å². The van der Waals surface area contributed by atoms with E-state index in [-0.39, 0.29) is 6.61 Å². The van der Waals surface area contributed by atoms with Crippen LogP contribution in [0.15, 0.2) is 60.7 Å². The van der Waals surface area contributed by atoms with Crippen molar-refractivity contribution in [3.05, 3.63) is 92.4 Å². The van der Waals surface area contributed by atoms with Gasteiger partial charge in [-0.1, -0.05) is 71.2 Å². The maximum Gasteiger partial charge on any atom is 0.163 e. The summed E-state index contributed by atoms with van der Waals surface area (Å²) in [4.78, 5) is 0. The number of nitrogens with one attached hydrogen (secondary N) is 1. The highest BCUT2D eigenvalue weighted by atomic mass is 35.5. The maximum absolute atomic E-state index is 10.3. The minimum absolute atomic E-state index is 0.257. The Kier molecular flexibility index (Phi) is 8.88. The molecule has 0 aliphatic heterocycles. The Hall–Kier alpha value is -1.95. The second-order valence-corrected chi connectivity index (χ2v) is 8.16. The third kappa shape index (κ3) is 6.76. The van der Waals surface area contributed by atoms with Gasteiger partial charge in [-0.2, -0.15) is 0 Å². The van der Waals surface area contributed by atoms with E-state index in [1.807, 2.05) is 49.4 Å². The summed E-state index contributed by atoms with van der Waals surface area (Å²) in [5.41, 5.74) is 2.52. The lowest BCUT2D eigenvalue weighted by Crippen LogP contribution is -2.21. The average molecular weight is 481 g/mol. The molecule has 0 fully saturated rings. The van der Waals surface area contributed by atoms with Crippen LogP contribution < -0.4 is 14.8 Å². The summed E-state index contributed by atoms with van der Waals surface area (Å²) in [7, 11) is 0. The first-order chi connectivity index (χ1) is 15.0. The van der Waals surface area contributed by atoms with Crippen molar-refractivity contribution in [1.82, 2.24) is 5.32 Å². The molecule has 1 unspecified atom stereocenters. The SMILES string of the molecule is CCOc1cc(CNCC(O)c2ccccc2)c(Cl)cc1OCc1ccc(Cl)cc1Cl. The standard InChI is InChI=1S/C24H24Cl3NO3/c1-2-30-23-10-18(13-28-14-22(29)16-6-4-3-5-7-16)21(27)12-24(23)31-15-17-8-9-19(25)11-20(17)26/h3-12,22,28-29H,2,13-15H2,1H3. The van der Waals surface area contributed by atoms with E-state index in [1.165, 1.54) is 0 Å². The Morgan fingerprint density at radius 2 is 1.58 bits per heavy atom. The largest absolute Gasteiger partial charge is 0.490 e. The molecule has 164 valence electrons. The topological polar surface area (TPSA) is 50.7 Å². The molecule has 0 spiro atoms. The van der Waals surface area contributed by atoms with Gasteiger partial charge < -0.3 is 19.9 Å². The number of hydrogen-bond donors (Lipinski definition) is 2. The molecule has 7 heteroatoms. The van der Waals surface area contributed by atoms with E-state index in [0.717, 1.165) is 16.7 Å². The van der Waals surface area contributed by atoms with Gasteiger partial charge in [-0.15, -0.1) is 0 Å². The normalized spacial score (nSPS) is 11.9. The fourth-order valence-corrected chi connectivity index (χ4v) is 3.71. The lowest BCUT2D eigenvalue weighted by atomic mass is 10.1. The quantitative estimate of drug-likeness (QED) is 0.350. The highest BCUT2D eigenvalue weighted by Crippen LogP contribution is 2.35. The third-order valence-corrected chi connectivity index (χ3v) is 5.59. The minimum Gasteiger partial charge on any atom is -0.490 e. The van der Waals surface area contributed by atoms with Crippen LogP contribution >= 0.6 is 34.8 Å². The highest BCUT2D eigenvalue weighted by Gasteiger charge is 2.13. The van der Waals surface area contributed by atoms with Crippen molar-refractivity contribution in [2.45, 2.75) is 26.2 Å². The molecule has 4 nitrogen and oxygen atoms in total. The van der Waals surface area contributed by atoms with E-state index < -0.39 is 6.10 Å². The van der Waals surface area contributed by atoms with Crippen LogP contribution in [0.5, 0.6) is 11.5 Å². The van der Waals surface area contributed by atoms with Crippen molar-refractivity contribution in [1.29, 1.82) is 0 Å². The predicted octanol–water partition coefficient (Wildman–Crippen LogP) is 6.45. The number of aliphatic hydroxyl groups excluding tert-OH is 1. The summed E-state index contributed by atoms with van der Waals surface area (Å²) >= 11 is 18.7. The van der Waals surface area contributed by atoms with Gasteiger partial charge in [0.15, 0.2) is 11.5 Å². The predicted molar refractivity (Wildman–Crippen MR) is 127 cm³/mol. The fraction of sp³-hybridized carbons (Fsp3) is 0.250. The van der Waals surface area contributed by atoms with Crippen LogP contribution in [0.1, 0.15) is 29.7 Å². The molecular weight excluding hydrogens is 457 g/mol. The first kappa shape index (κ1) is 23.7. The number of ether oxygens (including phenoxy) is 2. The van der Waals surface area contributed by atoms with Crippen LogP contribution in [0.3, 0.4) is 0 Å². The van der Waals surface area contributed by atoms with Crippen molar-refractivity contribution in [2.24, 2.45) is 0 Å². The van der Waals surface area contributed by atoms with Crippen molar-refractivity contribution >= 4 is 34.8 Å². The average Bonchev–Trinajstić information content (AvgIpc) is 2.76. The van der Waals surface area contributed by atoms with Gasteiger partial charge in [0, 0.05) is 39.8 Å². The van der Waals surface area contributed by atoms with Crippen LogP contribution in [0.4, 0.5) is 0 Å². The summed E-state index contributed by atoms with van der Waals surface area (Å²) in [5.74, 6) is 1.13. The molecule has 3 aromatic carbocycles. The maximum atomic E-state index is 10.3. The van der Waals surface area contributed by atoms with Gasteiger partial charge in [-0.05, 0) is 36.2 Å². The third-order valence-electron chi connectivity index (χ3n) is 4.65. The Morgan fingerprint density at radius 1 is 0.871 bits per heavy atom. The van der Waals surface area contributed by atoms with Gasteiger partial charge in [0.05, 0.1) is 12.7 Å². The number of hydrogen-bond acceptors (Lipinski definition) is 4. The molecule has 0 amide bonds. The van der Waals surface area contributed by atoms with E-state index in [9.17, 15) is 5.11 Å². The molecule has 0 saturated heterocycles. The Bertz CT molecular complexity index is 999. The van der Waals surface area contributed by atoms with E-state index >= 15 is 0 Å². The zero-order chi connectivity index (χ0) is 22.2. The second kappa shape index (κ2) is 11.6. The first-order valence-corrected chi connectivity index (χ1v) is 11.1. The monoisotopic (exact) mass is 479 g/mol. The number of halogens is 3. The molecule has 3 aromatic rings. The van der Waals surface area contributed by atoms with Crippen molar-refractivity contribution < 1.29 is 14.6 Å². The molecule has 0 heterocycles. The molecule has 3 rings (SSSR count). The molecule has 0 saturated carbocycles. The van der Waals surface area contributed by atoms with E-state index in [0.29, 0.717) is 46.3 Å². The van der Waals surface area contributed by atoms with Crippen LogP contribution in [0, 0.1) is 0 Å². The molecule has 0 bridgehead atoms. The Labute approximate surface area is 197 Å². The van der Waals surface area contributed by atoms with Crippen LogP contribution in [0.25, 0.3) is 0 Å². The van der Waals surface area contributed by atoms with Crippen LogP contribution in [-0.2, 0) is 13.2 Å². The van der Waals surface area contributed by atoms with E-state index in [1.54, 1.807) is 18.2 Å². The van der Waals surface area contributed by atoms with Gasteiger partial charge in [-0.3, -0.25) is 0 Å². The Balaban J connectivity index is 1.66. The summed E-state index contributed by atoms with van der Waals surface area (Å²) in [6, 6.07) is 18.4. The van der Waals surface area contributed by atoms with Gasteiger partial charge >= 0.3 is 0 Å². The van der Waals surface area contributed by atoms with Crippen molar-refractivity contribution in [3.8, 4) is 11.5 Å². The van der Waals surface area contributed by atoms with Gasteiger partial charge in [0.25, 0.3) is 0 Å².